The number of anilines is 2. The highest BCUT2D eigenvalue weighted by Crippen LogP contribution is 2.20. The normalized spacial score (nSPS) is 10.7. The molecule has 0 saturated carbocycles. The molecule has 0 amide bonds. The van der Waals surface area contributed by atoms with Gasteiger partial charge in [-0.1, -0.05) is 34.1 Å². The second kappa shape index (κ2) is 5.50. The molecule has 20 heavy (non-hydrogen) atoms. The lowest BCUT2D eigenvalue weighted by atomic mass is 10.2. The predicted molar refractivity (Wildman–Crippen MR) is 84.0 cm³/mol. The summed E-state index contributed by atoms with van der Waals surface area (Å²) in [5, 5.41) is 6.39. The van der Waals surface area contributed by atoms with Crippen LogP contribution >= 0.6 is 15.9 Å². The Hall–Kier alpha value is -2.08. The van der Waals surface area contributed by atoms with Crippen LogP contribution in [0.3, 0.4) is 0 Å². The number of imidazole rings is 1. The number of aromatic nitrogens is 3. The van der Waals surface area contributed by atoms with E-state index in [2.05, 4.69) is 42.6 Å². The number of benzene rings is 1. The molecule has 0 aliphatic heterocycles. The lowest BCUT2D eigenvalue weighted by molar-refractivity contribution is 1.06. The van der Waals surface area contributed by atoms with Crippen molar-refractivity contribution in [2.45, 2.75) is 6.54 Å². The fourth-order valence-corrected chi connectivity index (χ4v) is 2.42. The molecule has 0 fully saturated rings. The molecule has 2 N–H and O–H groups in total. The average molecular weight is 332 g/mol. The zero-order chi connectivity index (χ0) is 13.9. The van der Waals surface area contributed by atoms with Gasteiger partial charge in [0.1, 0.15) is 5.82 Å². The number of fused-ring (bicyclic) bond motifs is 1. The van der Waals surface area contributed by atoms with Gasteiger partial charge >= 0.3 is 0 Å². The van der Waals surface area contributed by atoms with Gasteiger partial charge in [0.2, 0.25) is 0 Å². The molecule has 0 saturated heterocycles. The van der Waals surface area contributed by atoms with E-state index in [0.29, 0.717) is 6.54 Å². The molecule has 0 unspecified atom stereocenters. The standard InChI is InChI=1S/C14H14BrN5/c1-16-12-9-20-7-6-17-14(20)13(19-12)18-8-10-4-2-3-5-11(10)15/h2-7,9,16H,8H2,1H3,(H,18,19). The van der Waals surface area contributed by atoms with E-state index in [9.17, 15) is 0 Å². The van der Waals surface area contributed by atoms with E-state index >= 15 is 0 Å². The molecule has 6 heteroatoms. The van der Waals surface area contributed by atoms with Gasteiger partial charge in [0.05, 0.1) is 6.20 Å². The summed E-state index contributed by atoms with van der Waals surface area (Å²) in [7, 11) is 1.85. The van der Waals surface area contributed by atoms with Crippen molar-refractivity contribution in [3.8, 4) is 0 Å². The predicted octanol–water partition coefficient (Wildman–Crippen LogP) is 3.15. The third-order valence-electron chi connectivity index (χ3n) is 3.03. The van der Waals surface area contributed by atoms with Gasteiger partial charge in [0.15, 0.2) is 11.5 Å². The Bertz CT molecular complexity index is 737. The summed E-state index contributed by atoms with van der Waals surface area (Å²) in [6, 6.07) is 8.12. The van der Waals surface area contributed by atoms with Crippen molar-refractivity contribution in [1.29, 1.82) is 0 Å². The van der Waals surface area contributed by atoms with Crippen LogP contribution in [0.5, 0.6) is 0 Å². The molecule has 0 aliphatic carbocycles. The summed E-state index contributed by atoms with van der Waals surface area (Å²) in [4.78, 5) is 8.84. The first-order valence-electron chi connectivity index (χ1n) is 6.26. The topological polar surface area (TPSA) is 54.2 Å². The highest BCUT2D eigenvalue weighted by atomic mass is 79.9. The Morgan fingerprint density at radius 3 is 2.95 bits per heavy atom. The van der Waals surface area contributed by atoms with Gasteiger partial charge in [-0.2, -0.15) is 0 Å². The van der Waals surface area contributed by atoms with E-state index in [1.807, 2.05) is 42.0 Å². The number of nitrogens with zero attached hydrogens (tertiary/aromatic N) is 3. The fraction of sp³-hybridized carbons (Fsp3) is 0.143. The Labute approximate surface area is 125 Å². The quantitative estimate of drug-likeness (QED) is 0.771. The Morgan fingerprint density at radius 1 is 1.30 bits per heavy atom. The van der Waals surface area contributed by atoms with E-state index < -0.39 is 0 Å². The Kier molecular flexibility index (Phi) is 3.56. The number of hydrogen-bond acceptors (Lipinski definition) is 4. The van der Waals surface area contributed by atoms with Gasteiger partial charge in [-0.25, -0.2) is 9.97 Å². The molecule has 2 aromatic heterocycles. The summed E-state index contributed by atoms with van der Waals surface area (Å²) < 4.78 is 3.03. The van der Waals surface area contributed by atoms with Crippen LogP contribution in [0.2, 0.25) is 0 Å². The third-order valence-corrected chi connectivity index (χ3v) is 3.81. The van der Waals surface area contributed by atoms with E-state index in [0.717, 1.165) is 21.8 Å². The minimum Gasteiger partial charge on any atom is -0.372 e. The maximum atomic E-state index is 4.52. The number of halogens is 1. The lowest BCUT2D eigenvalue weighted by Crippen LogP contribution is -2.06. The van der Waals surface area contributed by atoms with Crippen LogP contribution in [0.15, 0.2) is 47.3 Å². The second-order valence-corrected chi connectivity index (χ2v) is 5.18. The molecule has 3 aromatic rings. The van der Waals surface area contributed by atoms with Crippen molar-refractivity contribution in [2.75, 3.05) is 17.7 Å². The van der Waals surface area contributed by atoms with Crippen LogP contribution in [-0.2, 0) is 6.54 Å². The summed E-state index contributed by atoms with van der Waals surface area (Å²) in [5.41, 5.74) is 1.99. The van der Waals surface area contributed by atoms with Gasteiger partial charge < -0.3 is 15.0 Å². The molecular weight excluding hydrogens is 318 g/mol. The number of hydrogen-bond donors (Lipinski definition) is 2. The summed E-state index contributed by atoms with van der Waals surface area (Å²) in [5.74, 6) is 1.56. The molecule has 0 bridgehead atoms. The highest BCUT2D eigenvalue weighted by molar-refractivity contribution is 9.10. The lowest BCUT2D eigenvalue weighted by Gasteiger charge is -2.10. The molecule has 0 radical (unpaired) electrons. The van der Waals surface area contributed by atoms with Crippen LogP contribution in [-0.4, -0.2) is 21.4 Å². The molecule has 1 aromatic carbocycles. The van der Waals surface area contributed by atoms with Gasteiger partial charge in [-0.3, -0.25) is 0 Å². The maximum Gasteiger partial charge on any atom is 0.180 e. The van der Waals surface area contributed by atoms with Crippen molar-refractivity contribution >= 4 is 33.2 Å². The van der Waals surface area contributed by atoms with Crippen LogP contribution in [0.25, 0.3) is 5.65 Å². The summed E-state index contributed by atoms with van der Waals surface area (Å²) in [6.45, 7) is 0.685. The molecule has 5 nitrogen and oxygen atoms in total. The third kappa shape index (κ3) is 2.46. The minimum atomic E-state index is 0.685. The zero-order valence-electron chi connectivity index (χ0n) is 11.0. The number of nitrogens with one attached hydrogen (secondary N) is 2. The van der Waals surface area contributed by atoms with E-state index in [1.54, 1.807) is 6.20 Å². The van der Waals surface area contributed by atoms with Gasteiger partial charge in [-0.15, -0.1) is 0 Å². The first-order valence-corrected chi connectivity index (χ1v) is 7.06. The molecule has 102 valence electrons. The van der Waals surface area contributed by atoms with Crippen molar-refractivity contribution in [2.24, 2.45) is 0 Å². The van der Waals surface area contributed by atoms with Crippen molar-refractivity contribution in [3.05, 3.63) is 52.9 Å². The maximum absolute atomic E-state index is 4.52. The van der Waals surface area contributed by atoms with Crippen LogP contribution in [0.4, 0.5) is 11.6 Å². The van der Waals surface area contributed by atoms with Crippen LogP contribution < -0.4 is 10.6 Å². The van der Waals surface area contributed by atoms with Gasteiger partial charge in [-0.05, 0) is 11.6 Å². The summed E-state index contributed by atoms with van der Waals surface area (Å²) >= 11 is 3.55. The monoisotopic (exact) mass is 331 g/mol. The van der Waals surface area contributed by atoms with E-state index in [1.165, 1.54) is 5.56 Å². The molecule has 0 spiro atoms. The molecule has 3 rings (SSSR count). The van der Waals surface area contributed by atoms with Crippen molar-refractivity contribution in [1.82, 2.24) is 14.4 Å². The van der Waals surface area contributed by atoms with Crippen molar-refractivity contribution in [3.63, 3.8) is 0 Å². The highest BCUT2D eigenvalue weighted by Gasteiger charge is 2.07. The first kappa shape index (κ1) is 12.9. The molecular formula is C14H14BrN5. The van der Waals surface area contributed by atoms with Crippen LogP contribution in [0, 0.1) is 0 Å². The van der Waals surface area contributed by atoms with E-state index in [4.69, 9.17) is 0 Å². The van der Waals surface area contributed by atoms with E-state index in [-0.39, 0.29) is 0 Å². The zero-order valence-corrected chi connectivity index (χ0v) is 12.6. The average Bonchev–Trinajstić information content (AvgIpc) is 2.94. The first-order chi connectivity index (χ1) is 9.78. The largest absolute Gasteiger partial charge is 0.372 e. The summed E-state index contributed by atoms with van der Waals surface area (Å²) in [6.07, 6.45) is 5.58. The van der Waals surface area contributed by atoms with Crippen LogP contribution in [0.1, 0.15) is 5.56 Å². The second-order valence-electron chi connectivity index (χ2n) is 4.33. The smallest absolute Gasteiger partial charge is 0.180 e. The molecule has 0 aliphatic rings. The van der Waals surface area contributed by atoms with Gasteiger partial charge in [0, 0.05) is 30.5 Å². The Morgan fingerprint density at radius 2 is 2.15 bits per heavy atom. The van der Waals surface area contributed by atoms with Gasteiger partial charge in [0.25, 0.3) is 0 Å². The molecule has 0 atom stereocenters. The molecule has 2 heterocycles. The van der Waals surface area contributed by atoms with Crippen molar-refractivity contribution < 1.29 is 0 Å². The fourth-order valence-electron chi connectivity index (χ4n) is 1.99. The SMILES string of the molecule is CNc1cn2ccnc2c(NCc2ccccc2Br)n1. The minimum absolute atomic E-state index is 0.685. The number of rotatable bonds is 4. The Balaban J connectivity index is 1.90.